The van der Waals surface area contributed by atoms with Crippen LogP contribution in [0.2, 0.25) is 5.15 Å². The van der Waals surface area contributed by atoms with Crippen LogP contribution in [0.3, 0.4) is 0 Å². The molecule has 0 saturated carbocycles. The maximum atomic E-state index is 13.7. The topological polar surface area (TPSA) is 152 Å². The highest BCUT2D eigenvalue weighted by atomic mass is 35.5. The smallest absolute Gasteiger partial charge is 0.285 e. The fraction of sp³-hybridized carbons (Fsp3) is 0.379. The van der Waals surface area contributed by atoms with Crippen molar-refractivity contribution in [2.24, 2.45) is 7.05 Å². The van der Waals surface area contributed by atoms with Gasteiger partial charge in [0.25, 0.3) is 11.5 Å². The summed E-state index contributed by atoms with van der Waals surface area (Å²) in [6.07, 6.45) is 4.50. The average Bonchev–Trinajstić information content (AvgIpc) is 2.95. The molecule has 3 aromatic heterocycles. The highest BCUT2D eigenvalue weighted by Gasteiger charge is 2.27. The van der Waals surface area contributed by atoms with Gasteiger partial charge >= 0.3 is 0 Å². The Morgan fingerprint density at radius 2 is 1.91 bits per heavy atom. The first kappa shape index (κ1) is 30.4. The number of aryl methyl sites for hydroxylation is 2. The molecule has 2 atom stereocenters. The van der Waals surface area contributed by atoms with Crippen molar-refractivity contribution in [2.45, 2.75) is 45.6 Å². The van der Waals surface area contributed by atoms with Gasteiger partial charge in [-0.15, -0.1) is 0 Å². The number of fused-ring (bicyclic) bond motifs is 1. The van der Waals surface area contributed by atoms with E-state index in [4.69, 9.17) is 16.6 Å². The van der Waals surface area contributed by atoms with Crippen molar-refractivity contribution in [1.82, 2.24) is 29.2 Å². The zero-order chi connectivity index (χ0) is 31.1. The second-order valence-electron chi connectivity index (χ2n) is 11.0. The van der Waals surface area contributed by atoms with Crippen molar-refractivity contribution in [1.29, 1.82) is 0 Å². The number of nitrogens with zero attached hydrogens (tertiary/aromatic N) is 6. The van der Waals surface area contributed by atoms with Crippen LogP contribution < -0.4 is 20.5 Å². The number of benzene rings is 1. The van der Waals surface area contributed by atoms with Gasteiger partial charge < -0.3 is 10.2 Å². The van der Waals surface area contributed by atoms with Gasteiger partial charge in [-0.2, -0.15) is 0 Å². The van der Waals surface area contributed by atoms with Crippen LogP contribution in [0, 0.1) is 13.8 Å². The lowest BCUT2D eigenvalue weighted by Gasteiger charge is -2.33. The van der Waals surface area contributed by atoms with Crippen LogP contribution in [0.1, 0.15) is 64.9 Å². The molecule has 4 aromatic rings. The molecule has 1 aliphatic heterocycles. The molecule has 4 heterocycles. The SMILES string of the molecule is Cc1cc([C@@H](C)Nc2ccc(Cl)nc2C(=O)NS(C)(=O)=O)c2nc(N3CCC[C@H](c4nccc(C)n4)C3)n(C)c(=O)c2c1. The summed E-state index contributed by atoms with van der Waals surface area (Å²) >= 11 is 6.04. The average molecular weight is 625 g/mol. The second-order valence-corrected chi connectivity index (χ2v) is 13.1. The second kappa shape index (κ2) is 11.9. The number of rotatable bonds is 7. The van der Waals surface area contributed by atoms with Crippen molar-refractivity contribution < 1.29 is 13.2 Å². The Bertz CT molecular complexity index is 1900. The van der Waals surface area contributed by atoms with E-state index in [-0.39, 0.29) is 28.0 Å². The Morgan fingerprint density at radius 1 is 1.14 bits per heavy atom. The minimum absolute atomic E-state index is 0.0311. The number of amides is 1. The van der Waals surface area contributed by atoms with Gasteiger partial charge in [0.1, 0.15) is 11.0 Å². The minimum Gasteiger partial charge on any atom is -0.377 e. The van der Waals surface area contributed by atoms with Crippen LogP contribution in [0.15, 0.2) is 41.3 Å². The van der Waals surface area contributed by atoms with Crippen LogP contribution in [0.25, 0.3) is 10.9 Å². The summed E-state index contributed by atoms with van der Waals surface area (Å²) in [5.74, 6) is 0.527. The first-order valence-corrected chi connectivity index (χ1v) is 16.1. The fourth-order valence-corrected chi connectivity index (χ4v) is 6.02. The first-order chi connectivity index (χ1) is 20.3. The van der Waals surface area contributed by atoms with E-state index >= 15 is 0 Å². The molecule has 1 aliphatic rings. The Hall–Kier alpha value is -4.10. The number of carbonyl (C=O) groups is 1. The predicted octanol–water partition coefficient (Wildman–Crippen LogP) is 3.64. The maximum Gasteiger partial charge on any atom is 0.285 e. The molecule has 43 heavy (non-hydrogen) atoms. The molecule has 5 rings (SSSR count). The fourth-order valence-electron chi connectivity index (χ4n) is 5.44. The van der Waals surface area contributed by atoms with Gasteiger partial charge in [-0.25, -0.2) is 33.1 Å². The van der Waals surface area contributed by atoms with Gasteiger partial charge in [-0.05, 0) is 63.4 Å². The van der Waals surface area contributed by atoms with E-state index < -0.39 is 22.0 Å². The highest BCUT2D eigenvalue weighted by Crippen LogP contribution is 2.31. The predicted molar refractivity (Wildman–Crippen MR) is 166 cm³/mol. The molecule has 1 saturated heterocycles. The Balaban J connectivity index is 1.54. The van der Waals surface area contributed by atoms with Crippen LogP contribution in [-0.2, 0) is 17.1 Å². The van der Waals surface area contributed by atoms with Crippen molar-refractivity contribution >= 4 is 50.1 Å². The van der Waals surface area contributed by atoms with E-state index in [1.165, 1.54) is 6.07 Å². The standard InChI is InChI=1S/C29H33ClN8O4S/c1-16-13-20(18(3)33-22-8-9-23(30)34-25(22)27(39)36-43(5,41)42)24-21(14-16)28(40)37(4)29(35-24)38-12-6-7-19(15-38)26-31-11-10-17(2)32-26/h8-11,13-14,18-19,33H,6-7,12,15H2,1-5H3,(H,36,39)/t18-,19+/m1/s1. The van der Waals surface area contributed by atoms with Crippen LogP contribution >= 0.6 is 11.6 Å². The summed E-state index contributed by atoms with van der Waals surface area (Å²) in [7, 11) is -2.11. The molecule has 12 nitrogen and oxygen atoms in total. The van der Waals surface area contributed by atoms with Crippen LogP contribution in [-0.4, -0.2) is 58.2 Å². The van der Waals surface area contributed by atoms with Gasteiger partial charge in [0.2, 0.25) is 16.0 Å². The lowest BCUT2D eigenvalue weighted by molar-refractivity contribution is 0.0977. The molecule has 0 radical (unpaired) electrons. The lowest BCUT2D eigenvalue weighted by Crippen LogP contribution is -2.39. The molecular weight excluding hydrogens is 592 g/mol. The number of halogens is 1. The lowest BCUT2D eigenvalue weighted by atomic mass is 9.97. The van der Waals surface area contributed by atoms with Gasteiger partial charge in [0.05, 0.1) is 28.9 Å². The van der Waals surface area contributed by atoms with Crippen molar-refractivity contribution in [3.05, 3.63) is 80.4 Å². The maximum absolute atomic E-state index is 13.7. The van der Waals surface area contributed by atoms with Crippen molar-refractivity contribution in [3.8, 4) is 0 Å². The molecule has 2 N–H and O–H groups in total. The van der Waals surface area contributed by atoms with E-state index in [1.54, 1.807) is 23.9 Å². The van der Waals surface area contributed by atoms with Gasteiger partial charge in [-0.3, -0.25) is 14.2 Å². The number of carbonyl (C=O) groups excluding carboxylic acids is 1. The number of hydrogen-bond acceptors (Lipinski definition) is 10. The normalized spacial score (nSPS) is 16.2. The molecule has 14 heteroatoms. The van der Waals surface area contributed by atoms with Crippen LogP contribution in [0.4, 0.5) is 11.6 Å². The summed E-state index contributed by atoms with van der Waals surface area (Å²) in [5.41, 5.74) is 2.95. The molecule has 0 aliphatic carbocycles. The molecule has 0 unspecified atom stereocenters. The molecule has 1 amide bonds. The zero-order valence-electron chi connectivity index (χ0n) is 24.5. The van der Waals surface area contributed by atoms with Gasteiger partial charge in [0, 0.05) is 43.5 Å². The van der Waals surface area contributed by atoms with E-state index in [0.717, 1.165) is 48.3 Å². The number of piperidine rings is 1. The van der Waals surface area contributed by atoms with E-state index in [2.05, 4.69) is 25.2 Å². The Kier molecular flexibility index (Phi) is 8.39. The third-order valence-electron chi connectivity index (χ3n) is 7.41. The largest absolute Gasteiger partial charge is 0.377 e. The van der Waals surface area contributed by atoms with Crippen molar-refractivity contribution in [3.63, 3.8) is 0 Å². The number of nitrogens with one attached hydrogen (secondary N) is 2. The van der Waals surface area contributed by atoms with Gasteiger partial charge in [0.15, 0.2) is 5.69 Å². The molecule has 1 aromatic carbocycles. The number of aromatic nitrogens is 5. The zero-order valence-corrected chi connectivity index (χ0v) is 26.1. The first-order valence-electron chi connectivity index (χ1n) is 13.8. The highest BCUT2D eigenvalue weighted by molar-refractivity contribution is 7.89. The summed E-state index contributed by atoms with van der Waals surface area (Å²) in [4.78, 5) is 46.8. The summed E-state index contributed by atoms with van der Waals surface area (Å²) < 4.78 is 26.9. The summed E-state index contributed by atoms with van der Waals surface area (Å²) in [6.45, 7) is 7.07. The number of anilines is 2. The molecule has 0 spiro atoms. The third-order valence-corrected chi connectivity index (χ3v) is 8.17. The van der Waals surface area contributed by atoms with Gasteiger partial charge in [-0.1, -0.05) is 17.7 Å². The van der Waals surface area contributed by atoms with Crippen molar-refractivity contribution in [2.75, 3.05) is 29.6 Å². The number of pyridine rings is 1. The molecule has 0 bridgehead atoms. The van der Waals surface area contributed by atoms with Crippen LogP contribution in [0.5, 0.6) is 0 Å². The third kappa shape index (κ3) is 6.62. The quantitative estimate of drug-likeness (QED) is 0.292. The number of hydrogen-bond donors (Lipinski definition) is 2. The monoisotopic (exact) mass is 624 g/mol. The van der Waals surface area contributed by atoms with E-state index in [0.29, 0.717) is 23.4 Å². The number of sulfonamides is 1. The summed E-state index contributed by atoms with van der Waals surface area (Å²) in [5, 5.41) is 3.75. The minimum atomic E-state index is -3.83. The van der Waals surface area contributed by atoms with E-state index in [9.17, 15) is 18.0 Å². The Labute approximate surface area is 254 Å². The molecule has 1 fully saturated rings. The molecule has 226 valence electrons. The van der Waals surface area contributed by atoms with E-state index in [1.807, 2.05) is 43.7 Å². The molecular formula is C29H33ClN8O4S. The summed E-state index contributed by atoms with van der Waals surface area (Å²) in [6, 6.07) is 8.23. The Morgan fingerprint density at radius 3 is 2.63 bits per heavy atom.